The summed E-state index contributed by atoms with van der Waals surface area (Å²) in [6.07, 6.45) is 4.18. The van der Waals surface area contributed by atoms with Crippen LogP contribution in [0.25, 0.3) is 0 Å². The number of piperidine rings is 1. The van der Waals surface area contributed by atoms with Gasteiger partial charge in [-0.1, -0.05) is 18.2 Å². The topological polar surface area (TPSA) is 25.4 Å². The third-order valence-electron chi connectivity index (χ3n) is 4.35. The fourth-order valence-corrected chi connectivity index (χ4v) is 2.96. The smallest absolute Gasteiger partial charge is 0.123 e. The molecule has 3 rings (SSSR count). The number of halogens is 1. The molecule has 0 aliphatic carbocycles. The first-order chi connectivity index (χ1) is 11.3. The minimum absolute atomic E-state index is 0.200. The van der Waals surface area contributed by atoms with Gasteiger partial charge in [-0.25, -0.2) is 4.39 Å². The average Bonchev–Trinajstić information content (AvgIpc) is 2.59. The van der Waals surface area contributed by atoms with Gasteiger partial charge in [-0.3, -0.25) is 9.88 Å². The molecule has 0 saturated carbocycles. The second kappa shape index (κ2) is 8.18. The van der Waals surface area contributed by atoms with Gasteiger partial charge in [0.1, 0.15) is 5.82 Å². The van der Waals surface area contributed by atoms with Gasteiger partial charge in [0.15, 0.2) is 0 Å². The molecule has 23 heavy (non-hydrogen) atoms. The molecule has 0 amide bonds. The Kier molecular flexibility index (Phi) is 5.72. The van der Waals surface area contributed by atoms with Crippen molar-refractivity contribution in [2.24, 2.45) is 5.92 Å². The van der Waals surface area contributed by atoms with E-state index < -0.39 is 0 Å². The SMILES string of the molecule is Fc1ccc(COCC2CCN(Cc3ccccn3)CC2)cc1. The molecule has 0 N–H and O–H groups in total. The van der Waals surface area contributed by atoms with Gasteiger partial charge < -0.3 is 4.74 Å². The summed E-state index contributed by atoms with van der Waals surface area (Å²) >= 11 is 0. The van der Waals surface area contributed by atoms with E-state index >= 15 is 0 Å². The van der Waals surface area contributed by atoms with Crippen LogP contribution in [0.2, 0.25) is 0 Å². The zero-order chi connectivity index (χ0) is 15.9. The van der Waals surface area contributed by atoms with Gasteiger partial charge in [0.25, 0.3) is 0 Å². The number of pyridine rings is 1. The minimum Gasteiger partial charge on any atom is -0.376 e. The number of benzene rings is 1. The normalized spacial score (nSPS) is 16.6. The lowest BCUT2D eigenvalue weighted by Crippen LogP contribution is -2.34. The van der Waals surface area contributed by atoms with E-state index in [1.54, 1.807) is 12.1 Å². The number of aromatic nitrogens is 1. The number of hydrogen-bond donors (Lipinski definition) is 0. The van der Waals surface area contributed by atoms with E-state index in [0.29, 0.717) is 12.5 Å². The Balaban J connectivity index is 1.35. The van der Waals surface area contributed by atoms with E-state index in [0.717, 1.165) is 50.3 Å². The fourth-order valence-electron chi connectivity index (χ4n) is 2.96. The maximum Gasteiger partial charge on any atom is 0.123 e. The molecule has 1 saturated heterocycles. The predicted molar refractivity (Wildman–Crippen MR) is 88.3 cm³/mol. The van der Waals surface area contributed by atoms with Crippen LogP contribution in [0.4, 0.5) is 4.39 Å². The molecule has 1 aliphatic rings. The third-order valence-corrected chi connectivity index (χ3v) is 4.35. The molecule has 1 fully saturated rings. The molecule has 4 heteroatoms. The fraction of sp³-hybridized carbons (Fsp3) is 0.421. The Labute approximate surface area is 137 Å². The second-order valence-corrected chi connectivity index (χ2v) is 6.18. The van der Waals surface area contributed by atoms with Crippen molar-refractivity contribution in [2.45, 2.75) is 26.0 Å². The highest BCUT2D eigenvalue weighted by Gasteiger charge is 2.19. The van der Waals surface area contributed by atoms with Crippen molar-refractivity contribution >= 4 is 0 Å². The van der Waals surface area contributed by atoms with Crippen LogP contribution in [0.1, 0.15) is 24.1 Å². The molecule has 1 aromatic carbocycles. The molecule has 0 atom stereocenters. The van der Waals surface area contributed by atoms with Crippen LogP contribution in [0.3, 0.4) is 0 Å². The van der Waals surface area contributed by atoms with E-state index in [4.69, 9.17) is 4.74 Å². The highest BCUT2D eigenvalue weighted by molar-refractivity contribution is 5.14. The molecule has 1 aromatic heterocycles. The van der Waals surface area contributed by atoms with Crippen LogP contribution in [0.5, 0.6) is 0 Å². The summed E-state index contributed by atoms with van der Waals surface area (Å²) < 4.78 is 18.6. The molecule has 0 radical (unpaired) electrons. The number of nitrogens with zero attached hydrogens (tertiary/aromatic N) is 2. The molecular weight excluding hydrogens is 291 g/mol. The second-order valence-electron chi connectivity index (χ2n) is 6.18. The molecule has 0 bridgehead atoms. The summed E-state index contributed by atoms with van der Waals surface area (Å²) in [6.45, 7) is 4.48. The van der Waals surface area contributed by atoms with Crippen molar-refractivity contribution in [1.82, 2.24) is 9.88 Å². The molecule has 2 heterocycles. The molecule has 2 aromatic rings. The lowest BCUT2D eigenvalue weighted by atomic mass is 9.97. The Bertz CT molecular complexity index is 580. The van der Waals surface area contributed by atoms with Gasteiger partial charge in [0.05, 0.1) is 12.3 Å². The largest absolute Gasteiger partial charge is 0.376 e. The number of rotatable bonds is 6. The minimum atomic E-state index is -0.200. The summed E-state index contributed by atoms with van der Waals surface area (Å²) in [5.41, 5.74) is 2.16. The van der Waals surface area contributed by atoms with Crippen LogP contribution < -0.4 is 0 Å². The van der Waals surface area contributed by atoms with Crippen LogP contribution in [-0.4, -0.2) is 29.6 Å². The van der Waals surface area contributed by atoms with Crippen molar-refractivity contribution in [3.05, 3.63) is 65.7 Å². The summed E-state index contributed by atoms with van der Waals surface area (Å²) in [5.74, 6) is 0.421. The highest BCUT2D eigenvalue weighted by Crippen LogP contribution is 2.19. The van der Waals surface area contributed by atoms with Crippen LogP contribution in [-0.2, 0) is 17.9 Å². The molecule has 122 valence electrons. The Hall–Kier alpha value is -1.78. The van der Waals surface area contributed by atoms with Crippen molar-refractivity contribution in [1.29, 1.82) is 0 Å². The van der Waals surface area contributed by atoms with Crippen LogP contribution in [0, 0.1) is 11.7 Å². The molecule has 3 nitrogen and oxygen atoms in total. The first-order valence-electron chi connectivity index (χ1n) is 8.24. The van der Waals surface area contributed by atoms with Crippen molar-refractivity contribution < 1.29 is 9.13 Å². The van der Waals surface area contributed by atoms with E-state index in [1.165, 1.54) is 12.1 Å². The predicted octanol–water partition coefficient (Wildman–Crippen LogP) is 3.65. The van der Waals surface area contributed by atoms with Gasteiger partial charge >= 0.3 is 0 Å². The van der Waals surface area contributed by atoms with Gasteiger partial charge in [0, 0.05) is 19.3 Å². The standard InChI is InChI=1S/C19H23FN2O/c20-18-6-4-16(5-7-18)14-23-15-17-8-11-22(12-9-17)13-19-3-1-2-10-21-19/h1-7,10,17H,8-9,11-15H2. The van der Waals surface area contributed by atoms with E-state index in [2.05, 4.69) is 16.0 Å². The quantitative estimate of drug-likeness (QED) is 0.814. The Morgan fingerprint density at radius 2 is 1.87 bits per heavy atom. The molecule has 1 aliphatic heterocycles. The number of hydrogen-bond acceptors (Lipinski definition) is 3. The lowest BCUT2D eigenvalue weighted by Gasteiger charge is -2.31. The van der Waals surface area contributed by atoms with Gasteiger partial charge in [-0.2, -0.15) is 0 Å². The van der Waals surface area contributed by atoms with E-state index in [9.17, 15) is 4.39 Å². The van der Waals surface area contributed by atoms with Crippen LogP contribution >= 0.6 is 0 Å². The van der Waals surface area contributed by atoms with Gasteiger partial charge in [-0.05, 0) is 61.7 Å². The van der Waals surface area contributed by atoms with Crippen molar-refractivity contribution in [3.8, 4) is 0 Å². The average molecular weight is 314 g/mol. The zero-order valence-corrected chi connectivity index (χ0v) is 13.3. The lowest BCUT2D eigenvalue weighted by molar-refractivity contribution is 0.0559. The van der Waals surface area contributed by atoms with Gasteiger partial charge in [-0.15, -0.1) is 0 Å². The third kappa shape index (κ3) is 5.12. The monoisotopic (exact) mass is 314 g/mol. The summed E-state index contributed by atoms with van der Waals surface area (Å²) in [4.78, 5) is 6.85. The summed E-state index contributed by atoms with van der Waals surface area (Å²) in [7, 11) is 0. The Morgan fingerprint density at radius 3 is 2.57 bits per heavy atom. The zero-order valence-electron chi connectivity index (χ0n) is 13.3. The number of ether oxygens (including phenoxy) is 1. The van der Waals surface area contributed by atoms with Crippen LogP contribution in [0.15, 0.2) is 48.7 Å². The molecule has 0 spiro atoms. The van der Waals surface area contributed by atoms with Gasteiger partial charge in [0.2, 0.25) is 0 Å². The first kappa shape index (κ1) is 16.1. The summed E-state index contributed by atoms with van der Waals surface area (Å²) in [6, 6.07) is 12.6. The molecular formula is C19H23FN2O. The maximum absolute atomic E-state index is 12.8. The maximum atomic E-state index is 12.8. The van der Waals surface area contributed by atoms with E-state index in [-0.39, 0.29) is 5.82 Å². The molecule has 0 unspecified atom stereocenters. The Morgan fingerprint density at radius 1 is 1.09 bits per heavy atom. The van der Waals surface area contributed by atoms with E-state index in [1.807, 2.05) is 18.3 Å². The number of likely N-dealkylation sites (tertiary alicyclic amines) is 1. The first-order valence-corrected chi connectivity index (χ1v) is 8.24. The highest BCUT2D eigenvalue weighted by atomic mass is 19.1. The van der Waals surface area contributed by atoms with Crippen molar-refractivity contribution in [3.63, 3.8) is 0 Å². The summed E-state index contributed by atoms with van der Waals surface area (Å²) in [5, 5.41) is 0. The van der Waals surface area contributed by atoms with Crippen molar-refractivity contribution in [2.75, 3.05) is 19.7 Å².